The van der Waals surface area contributed by atoms with Crippen LogP contribution in [-0.4, -0.2) is 77.1 Å². The minimum absolute atomic E-state index is 0.0773. The fraction of sp³-hybridized carbons (Fsp3) is 0.350. The second-order valence-electron chi connectivity index (χ2n) is 7.42. The topological polar surface area (TPSA) is 120 Å². The van der Waals surface area contributed by atoms with Gasteiger partial charge in [0.2, 0.25) is 5.95 Å². The molecule has 0 saturated carbocycles. The van der Waals surface area contributed by atoms with Gasteiger partial charge in [0, 0.05) is 26.2 Å². The summed E-state index contributed by atoms with van der Waals surface area (Å²) in [6.07, 6.45) is -1.29. The number of rotatable bonds is 6. The molecule has 0 radical (unpaired) electrons. The summed E-state index contributed by atoms with van der Waals surface area (Å²) in [5.74, 6) is -1.47. The normalized spacial score (nSPS) is 16.1. The average molecular weight is 495 g/mol. The Morgan fingerprint density at radius 1 is 1.32 bits per heavy atom. The van der Waals surface area contributed by atoms with Crippen LogP contribution in [0.25, 0.3) is 10.7 Å². The molecule has 1 unspecified atom stereocenters. The SMILES string of the molecule is CN(C)C(=O)c1ccc(Oc2nc(-c3cnc(N)s3)nc(N3CCOCC3C(F)F)n2)c(F)c1. The number of benzene rings is 1. The first-order valence-electron chi connectivity index (χ1n) is 10.0. The Labute approximate surface area is 196 Å². The van der Waals surface area contributed by atoms with E-state index in [1.54, 1.807) is 14.1 Å². The molecule has 2 aromatic heterocycles. The molecule has 14 heteroatoms. The highest BCUT2D eigenvalue weighted by Crippen LogP contribution is 2.31. The third kappa shape index (κ3) is 5.02. The molecule has 3 aromatic rings. The van der Waals surface area contributed by atoms with Crippen molar-refractivity contribution in [2.24, 2.45) is 0 Å². The van der Waals surface area contributed by atoms with Gasteiger partial charge in [-0.25, -0.2) is 18.2 Å². The van der Waals surface area contributed by atoms with Crippen molar-refractivity contribution in [2.45, 2.75) is 12.5 Å². The molecule has 1 aliphatic rings. The number of anilines is 2. The number of carbonyl (C=O) groups excluding carboxylic acids is 1. The number of hydrogen-bond donors (Lipinski definition) is 1. The zero-order chi connectivity index (χ0) is 24.4. The molecule has 10 nitrogen and oxygen atoms in total. The number of halogens is 3. The highest BCUT2D eigenvalue weighted by molar-refractivity contribution is 7.18. The molecule has 0 spiro atoms. The molecule has 4 rings (SSSR count). The summed E-state index contributed by atoms with van der Waals surface area (Å²) in [6, 6.07) is 2.08. The third-order valence-electron chi connectivity index (χ3n) is 4.85. The predicted octanol–water partition coefficient (Wildman–Crippen LogP) is 2.68. The van der Waals surface area contributed by atoms with E-state index in [0.29, 0.717) is 4.88 Å². The monoisotopic (exact) mass is 495 g/mol. The van der Waals surface area contributed by atoms with E-state index >= 15 is 0 Å². The lowest BCUT2D eigenvalue weighted by Crippen LogP contribution is -2.50. The van der Waals surface area contributed by atoms with E-state index in [-0.39, 0.29) is 59.9 Å². The van der Waals surface area contributed by atoms with E-state index in [4.69, 9.17) is 15.2 Å². The molecule has 34 heavy (non-hydrogen) atoms. The molecule has 1 amide bonds. The first-order valence-corrected chi connectivity index (χ1v) is 10.8. The Morgan fingerprint density at radius 3 is 2.76 bits per heavy atom. The number of thiazole rings is 1. The number of morpholine rings is 1. The fourth-order valence-corrected chi connectivity index (χ4v) is 3.79. The number of carbonyl (C=O) groups is 1. The van der Waals surface area contributed by atoms with Crippen LogP contribution >= 0.6 is 11.3 Å². The van der Waals surface area contributed by atoms with Gasteiger partial charge in [0.15, 0.2) is 22.5 Å². The summed E-state index contributed by atoms with van der Waals surface area (Å²) in [5, 5.41) is 0.253. The van der Waals surface area contributed by atoms with Crippen molar-refractivity contribution in [2.75, 3.05) is 44.5 Å². The van der Waals surface area contributed by atoms with Crippen LogP contribution in [0.4, 0.5) is 24.3 Å². The highest BCUT2D eigenvalue weighted by atomic mass is 32.1. The van der Waals surface area contributed by atoms with Crippen LogP contribution in [0.5, 0.6) is 11.8 Å². The lowest BCUT2D eigenvalue weighted by atomic mass is 10.2. The van der Waals surface area contributed by atoms with Crippen LogP contribution in [-0.2, 0) is 4.74 Å². The summed E-state index contributed by atoms with van der Waals surface area (Å²) in [5.41, 5.74) is 5.82. The number of nitrogens with zero attached hydrogens (tertiary/aromatic N) is 6. The number of alkyl halides is 2. The molecule has 1 aromatic carbocycles. The molecular weight excluding hydrogens is 475 g/mol. The maximum Gasteiger partial charge on any atom is 0.327 e. The van der Waals surface area contributed by atoms with Crippen molar-refractivity contribution in [3.05, 3.63) is 35.8 Å². The number of nitrogens with two attached hydrogens (primary N) is 1. The van der Waals surface area contributed by atoms with Crippen LogP contribution in [0.3, 0.4) is 0 Å². The predicted molar refractivity (Wildman–Crippen MR) is 118 cm³/mol. The molecule has 3 heterocycles. The van der Waals surface area contributed by atoms with Gasteiger partial charge in [-0.05, 0) is 18.2 Å². The van der Waals surface area contributed by atoms with Gasteiger partial charge in [-0.1, -0.05) is 11.3 Å². The molecule has 180 valence electrons. The number of ether oxygens (including phenoxy) is 2. The van der Waals surface area contributed by atoms with Crippen molar-refractivity contribution in [3.8, 4) is 22.5 Å². The van der Waals surface area contributed by atoms with Crippen molar-refractivity contribution in [3.63, 3.8) is 0 Å². The van der Waals surface area contributed by atoms with Crippen molar-refractivity contribution in [1.82, 2.24) is 24.8 Å². The van der Waals surface area contributed by atoms with Crippen molar-refractivity contribution in [1.29, 1.82) is 0 Å². The molecule has 1 atom stereocenters. The second kappa shape index (κ2) is 9.77. The van der Waals surface area contributed by atoms with Crippen molar-refractivity contribution < 1.29 is 27.4 Å². The summed E-state index contributed by atoms with van der Waals surface area (Å²) < 4.78 is 52.6. The largest absolute Gasteiger partial charge is 0.421 e. The lowest BCUT2D eigenvalue weighted by molar-refractivity contribution is 0.0198. The van der Waals surface area contributed by atoms with E-state index in [2.05, 4.69) is 19.9 Å². The average Bonchev–Trinajstić information content (AvgIpc) is 3.26. The first kappa shape index (κ1) is 23.6. The van der Waals surface area contributed by atoms with Gasteiger partial charge in [-0.3, -0.25) is 4.79 Å². The minimum Gasteiger partial charge on any atom is -0.421 e. The zero-order valence-electron chi connectivity index (χ0n) is 18.1. The highest BCUT2D eigenvalue weighted by Gasteiger charge is 2.33. The Balaban J connectivity index is 1.72. The van der Waals surface area contributed by atoms with Crippen LogP contribution < -0.4 is 15.4 Å². The Kier molecular flexibility index (Phi) is 6.79. The van der Waals surface area contributed by atoms with Crippen molar-refractivity contribution >= 4 is 28.3 Å². The van der Waals surface area contributed by atoms with E-state index in [1.807, 2.05) is 0 Å². The molecule has 0 bridgehead atoms. The molecule has 1 saturated heterocycles. The summed E-state index contributed by atoms with van der Waals surface area (Å²) in [6.45, 7) is 0.0979. The Bertz CT molecular complexity index is 1190. The van der Waals surface area contributed by atoms with Crippen LogP contribution in [0.15, 0.2) is 24.4 Å². The zero-order valence-corrected chi connectivity index (χ0v) is 18.9. The number of hydrogen-bond acceptors (Lipinski definition) is 10. The maximum absolute atomic E-state index is 14.7. The molecule has 1 aliphatic heterocycles. The third-order valence-corrected chi connectivity index (χ3v) is 5.67. The van der Waals surface area contributed by atoms with Gasteiger partial charge in [0.25, 0.3) is 12.3 Å². The van der Waals surface area contributed by atoms with Gasteiger partial charge in [-0.2, -0.15) is 15.0 Å². The number of nitrogen functional groups attached to an aromatic ring is 1. The van der Waals surface area contributed by atoms with E-state index in [9.17, 15) is 18.0 Å². The Morgan fingerprint density at radius 2 is 2.12 bits per heavy atom. The van der Waals surface area contributed by atoms with Crippen LogP contribution in [0, 0.1) is 5.82 Å². The van der Waals surface area contributed by atoms with Gasteiger partial charge >= 0.3 is 6.01 Å². The second-order valence-corrected chi connectivity index (χ2v) is 8.48. The van der Waals surface area contributed by atoms with Crippen LogP contribution in [0.2, 0.25) is 0 Å². The van der Waals surface area contributed by atoms with Gasteiger partial charge in [0.05, 0.1) is 24.3 Å². The fourth-order valence-electron chi connectivity index (χ4n) is 3.17. The number of aromatic nitrogens is 4. The van der Waals surface area contributed by atoms with Gasteiger partial charge < -0.3 is 25.0 Å². The van der Waals surface area contributed by atoms with Gasteiger partial charge in [-0.15, -0.1) is 0 Å². The summed E-state index contributed by atoms with van der Waals surface area (Å²) >= 11 is 1.08. The molecule has 2 N–H and O–H groups in total. The minimum atomic E-state index is -2.72. The van der Waals surface area contributed by atoms with E-state index in [1.165, 1.54) is 28.1 Å². The summed E-state index contributed by atoms with van der Waals surface area (Å²) in [7, 11) is 3.09. The van der Waals surface area contributed by atoms with E-state index < -0.39 is 18.3 Å². The standard InChI is InChI=1S/C20H20F3N7O3S/c1-29(2)17(31)10-3-4-13(11(21)7-10)33-20-27-16(14-8-25-18(24)34-14)26-19(28-20)30-5-6-32-9-12(30)15(22)23/h3-4,7-8,12,15H,5-6,9H2,1-2H3,(H2,24,25). The van der Waals surface area contributed by atoms with Gasteiger partial charge in [0.1, 0.15) is 6.04 Å². The molecule has 0 aliphatic carbocycles. The first-order chi connectivity index (χ1) is 16.2. The molecule has 1 fully saturated rings. The number of amides is 1. The maximum atomic E-state index is 14.7. The van der Waals surface area contributed by atoms with E-state index in [0.717, 1.165) is 17.4 Å². The Hall–Kier alpha value is -3.52. The quantitative estimate of drug-likeness (QED) is 0.550. The van der Waals surface area contributed by atoms with Crippen LogP contribution in [0.1, 0.15) is 10.4 Å². The lowest BCUT2D eigenvalue weighted by Gasteiger charge is -2.34. The molecular formula is C20H20F3N7O3S. The summed E-state index contributed by atoms with van der Waals surface area (Å²) in [4.78, 5) is 31.7. The smallest absolute Gasteiger partial charge is 0.327 e.